The lowest BCUT2D eigenvalue weighted by Crippen LogP contribution is -2.42. The Bertz CT molecular complexity index is 1400. The van der Waals surface area contributed by atoms with E-state index in [2.05, 4.69) is 49.2 Å². The minimum absolute atomic E-state index is 0.0204. The fourth-order valence-electron chi connectivity index (χ4n) is 6.20. The van der Waals surface area contributed by atoms with Crippen LogP contribution in [0.2, 0.25) is 0 Å². The first-order valence-corrected chi connectivity index (χ1v) is 14.9. The van der Waals surface area contributed by atoms with Crippen molar-refractivity contribution in [2.75, 3.05) is 13.2 Å². The number of amides is 1. The molecular weight excluding hydrogens is 526 g/mol. The summed E-state index contributed by atoms with van der Waals surface area (Å²) in [5.41, 5.74) is 4.91. The molecule has 1 saturated heterocycles. The zero-order valence-electron chi connectivity index (χ0n) is 24.8. The average molecular weight is 568 g/mol. The number of carbonyl (C=O) groups is 2. The van der Waals surface area contributed by atoms with Gasteiger partial charge in [0.25, 0.3) is 11.9 Å². The lowest BCUT2D eigenvalue weighted by Gasteiger charge is -2.41. The summed E-state index contributed by atoms with van der Waals surface area (Å²) in [5.74, 6) is -0.524. The van der Waals surface area contributed by atoms with Crippen LogP contribution in [0.15, 0.2) is 83.9 Å². The highest BCUT2D eigenvalue weighted by Gasteiger charge is 2.41. The van der Waals surface area contributed by atoms with Gasteiger partial charge in [-0.15, -0.1) is 0 Å². The molecule has 1 aliphatic heterocycles. The first-order chi connectivity index (χ1) is 20.2. The number of amidine groups is 1. The van der Waals surface area contributed by atoms with Crippen molar-refractivity contribution < 1.29 is 19.4 Å². The first-order valence-electron chi connectivity index (χ1n) is 14.9. The van der Waals surface area contributed by atoms with Crippen LogP contribution in [0.5, 0.6) is 0 Å². The molecule has 7 nitrogen and oxygen atoms in total. The van der Waals surface area contributed by atoms with E-state index in [-0.39, 0.29) is 30.3 Å². The molecule has 5 rings (SSSR count). The minimum atomic E-state index is -0.938. The molecule has 1 unspecified atom stereocenters. The number of carboxylic acids is 1. The quantitative estimate of drug-likeness (QED) is 0.300. The molecule has 2 N–H and O–H groups in total. The van der Waals surface area contributed by atoms with Gasteiger partial charge < -0.3 is 20.1 Å². The van der Waals surface area contributed by atoms with Crippen LogP contribution >= 0.6 is 0 Å². The van der Waals surface area contributed by atoms with Crippen LogP contribution in [0.3, 0.4) is 0 Å². The van der Waals surface area contributed by atoms with Gasteiger partial charge in [0, 0.05) is 23.7 Å². The highest BCUT2D eigenvalue weighted by molar-refractivity contribution is 5.94. The van der Waals surface area contributed by atoms with Gasteiger partial charge in [-0.25, -0.2) is 0 Å². The fourth-order valence-corrected chi connectivity index (χ4v) is 6.20. The number of carbonyl (C=O) groups excluding carboxylic acids is 1. The summed E-state index contributed by atoms with van der Waals surface area (Å²) < 4.78 is 6.37. The molecule has 0 spiro atoms. The highest BCUT2D eigenvalue weighted by Crippen LogP contribution is 2.43. The number of hydrogen-bond acceptors (Lipinski definition) is 4. The van der Waals surface area contributed by atoms with Crippen molar-refractivity contribution in [1.29, 1.82) is 0 Å². The number of nitrogens with zero attached hydrogens (tertiary/aromatic N) is 2. The Labute approximate surface area is 248 Å². The van der Waals surface area contributed by atoms with E-state index < -0.39 is 5.97 Å². The van der Waals surface area contributed by atoms with Crippen LogP contribution in [0.25, 0.3) is 11.1 Å². The van der Waals surface area contributed by atoms with Gasteiger partial charge in [0.1, 0.15) is 6.61 Å². The van der Waals surface area contributed by atoms with Crippen molar-refractivity contribution in [3.05, 3.63) is 90.0 Å². The van der Waals surface area contributed by atoms with E-state index in [1.165, 1.54) is 12.8 Å². The van der Waals surface area contributed by atoms with E-state index in [1.807, 2.05) is 48.5 Å². The van der Waals surface area contributed by atoms with Crippen molar-refractivity contribution in [2.45, 2.75) is 65.0 Å². The Hall–Kier alpha value is -4.13. The molecule has 220 valence electrons. The first kappa shape index (κ1) is 29.4. The third-order valence-corrected chi connectivity index (χ3v) is 8.63. The van der Waals surface area contributed by atoms with Crippen molar-refractivity contribution in [3.8, 4) is 11.1 Å². The lowest BCUT2D eigenvalue weighted by atomic mass is 9.71. The fraction of sp³-hybridized carbons (Fsp3) is 0.400. The molecule has 0 aromatic heterocycles. The summed E-state index contributed by atoms with van der Waals surface area (Å²) >= 11 is 0. The molecule has 1 atom stereocenters. The smallest absolute Gasteiger partial charge is 0.305 e. The van der Waals surface area contributed by atoms with Crippen molar-refractivity contribution >= 4 is 23.6 Å². The zero-order chi connectivity index (χ0) is 29.7. The summed E-state index contributed by atoms with van der Waals surface area (Å²) in [6, 6.07) is 27.0. The van der Waals surface area contributed by atoms with Gasteiger partial charge in [-0.3, -0.25) is 9.59 Å². The topological polar surface area (TPSA) is 91.2 Å². The van der Waals surface area contributed by atoms with Gasteiger partial charge in [-0.2, -0.15) is 4.99 Å². The Morgan fingerprint density at radius 2 is 1.60 bits per heavy atom. The monoisotopic (exact) mass is 567 g/mol. The van der Waals surface area contributed by atoms with E-state index in [9.17, 15) is 9.59 Å². The van der Waals surface area contributed by atoms with Crippen LogP contribution in [0.1, 0.15) is 74.8 Å². The van der Waals surface area contributed by atoms with Crippen molar-refractivity contribution in [3.63, 3.8) is 0 Å². The molecule has 1 heterocycles. The number of aliphatic imine (C=N–C) groups is 1. The molecule has 3 aromatic rings. The maximum Gasteiger partial charge on any atom is 0.305 e. The van der Waals surface area contributed by atoms with Crippen molar-refractivity contribution in [2.24, 2.45) is 16.3 Å². The molecule has 2 aliphatic rings. The Balaban J connectivity index is 1.43. The predicted molar refractivity (Wildman–Crippen MR) is 166 cm³/mol. The van der Waals surface area contributed by atoms with Gasteiger partial charge in [0.15, 0.2) is 0 Å². The van der Waals surface area contributed by atoms with Crippen LogP contribution in [0, 0.1) is 11.3 Å². The molecule has 2 fully saturated rings. The van der Waals surface area contributed by atoms with Crippen LogP contribution < -0.4 is 5.32 Å². The van der Waals surface area contributed by atoms with Crippen LogP contribution in [-0.2, 0) is 9.53 Å². The summed E-state index contributed by atoms with van der Waals surface area (Å²) in [6.45, 7) is 7.60. The highest BCUT2D eigenvalue weighted by atomic mass is 16.5. The van der Waals surface area contributed by atoms with Crippen LogP contribution in [-0.4, -0.2) is 47.1 Å². The number of aliphatic carboxylic acids is 1. The number of benzene rings is 3. The molecular formula is C35H41N3O4. The lowest BCUT2D eigenvalue weighted by molar-refractivity contribution is -0.136. The predicted octanol–water partition coefficient (Wildman–Crippen LogP) is 7.22. The summed E-state index contributed by atoms with van der Waals surface area (Å²) in [6.07, 6.45) is 4.38. The average Bonchev–Trinajstić information content (AvgIpc) is 3.40. The maximum absolute atomic E-state index is 12.5. The molecule has 0 radical (unpaired) electrons. The Morgan fingerprint density at radius 1 is 0.929 bits per heavy atom. The summed E-state index contributed by atoms with van der Waals surface area (Å²) in [5, 5.41) is 11.5. The molecule has 7 heteroatoms. The van der Waals surface area contributed by atoms with Crippen molar-refractivity contribution in [1.82, 2.24) is 10.2 Å². The molecule has 0 bridgehead atoms. The minimum Gasteiger partial charge on any atom is -0.481 e. The SMILES string of the molecule is CC(C)(C)C1CCC(N2C(=Nc3ccccc3-c3ccccc3)OCC2c2ccc(C(=O)NCCC(=O)O)cc2)CC1. The van der Waals surface area contributed by atoms with Gasteiger partial charge in [-0.05, 0) is 66.3 Å². The summed E-state index contributed by atoms with van der Waals surface area (Å²) in [4.78, 5) is 30.8. The zero-order valence-corrected chi connectivity index (χ0v) is 24.8. The van der Waals surface area contributed by atoms with Gasteiger partial charge in [0.05, 0.1) is 18.2 Å². The number of hydrogen-bond donors (Lipinski definition) is 2. The normalized spacial score (nSPS) is 21.6. The van der Waals surface area contributed by atoms with E-state index >= 15 is 0 Å². The van der Waals surface area contributed by atoms with Gasteiger partial charge >= 0.3 is 5.97 Å². The third-order valence-electron chi connectivity index (χ3n) is 8.63. The molecule has 1 amide bonds. The Kier molecular flexibility index (Phi) is 8.95. The van der Waals surface area contributed by atoms with Crippen LogP contribution in [0.4, 0.5) is 5.69 Å². The second-order valence-electron chi connectivity index (χ2n) is 12.4. The molecule has 1 saturated carbocycles. The largest absolute Gasteiger partial charge is 0.481 e. The maximum atomic E-state index is 12.5. The second-order valence-corrected chi connectivity index (χ2v) is 12.4. The van der Waals surface area contributed by atoms with Gasteiger partial charge in [0.2, 0.25) is 0 Å². The summed E-state index contributed by atoms with van der Waals surface area (Å²) in [7, 11) is 0. The molecule has 1 aliphatic carbocycles. The van der Waals surface area contributed by atoms with E-state index in [4.69, 9.17) is 14.8 Å². The number of ether oxygens (including phenoxy) is 1. The number of rotatable bonds is 8. The van der Waals surface area contributed by atoms with E-state index in [0.717, 1.165) is 35.2 Å². The van der Waals surface area contributed by atoms with Gasteiger partial charge in [-0.1, -0.05) is 81.4 Å². The third kappa shape index (κ3) is 6.84. The standard InChI is InChI=1S/C35H41N3O4/c1-35(2,3)27-17-19-28(20-18-27)38-31(25-13-15-26(16-14-25)33(41)36-22-21-32(39)40)23-42-34(38)37-30-12-8-7-11-29(30)24-9-5-4-6-10-24/h4-16,27-28,31H,17-23H2,1-3H3,(H,36,41)(H,39,40). The van der Waals surface area contributed by atoms with E-state index in [1.54, 1.807) is 12.1 Å². The second kappa shape index (κ2) is 12.8. The Morgan fingerprint density at radius 3 is 2.26 bits per heavy atom. The molecule has 3 aromatic carbocycles. The number of nitrogens with one attached hydrogen (secondary N) is 1. The number of carboxylic acid groups (broad SMARTS) is 1. The molecule has 42 heavy (non-hydrogen) atoms. The number of para-hydroxylation sites is 1. The van der Waals surface area contributed by atoms with E-state index in [0.29, 0.717) is 30.2 Å².